The third-order valence-corrected chi connectivity index (χ3v) is 4.67. The van der Waals surface area contributed by atoms with Crippen LogP contribution in [-0.2, 0) is 7.05 Å². The molecule has 0 radical (unpaired) electrons. The molecule has 130 valence electrons. The fourth-order valence-corrected chi connectivity index (χ4v) is 3.25. The summed E-state index contributed by atoms with van der Waals surface area (Å²) in [4.78, 5) is 14.2. The van der Waals surface area contributed by atoms with Crippen molar-refractivity contribution >= 4 is 22.9 Å². The lowest BCUT2D eigenvalue weighted by atomic mass is 10.1. The van der Waals surface area contributed by atoms with E-state index in [1.165, 1.54) is 11.3 Å². The third kappa shape index (κ3) is 3.89. The van der Waals surface area contributed by atoms with E-state index < -0.39 is 0 Å². The maximum absolute atomic E-state index is 12.4. The lowest BCUT2D eigenvalue weighted by molar-refractivity contribution is 0.103. The molecule has 7 heteroatoms. The Hall–Kier alpha value is -2.64. The third-order valence-electron chi connectivity index (χ3n) is 3.67. The second-order valence-electron chi connectivity index (χ2n) is 5.55. The van der Waals surface area contributed by atoms with Gasteiger partial charge in [0.05, 0.1) is 10.6 Å². The molecule has 0 aliphatic heterocycles. The Balaban J connectivity index is 1.91. The van der Waals surface area contributed by atoms with Crippen LogP contribution in [0.15, 0.2) is 42.6 Å². The standard InChI is InChI=1S/C18H20N4O2S/c1-12-3-6-17(25-12)18(23)21-13-4-5-16(24-10-8-19)14(11-13)15-7-9-20-22(15)2/h3-7,9,11H,8,10,19H2,1-2H3,(H,21,23). The number of aromatic nitrogens is 2. The van der Waals surface area contributed by atoms with Gasteiger partial charge in [-0.25, -0.2) is 0 Å². The summed E-state index contributed by atoms with van der Waals surface area (Å²) in [5, 5.41) is 7.14. The molecular weight excluding hydrogens is 336 g/mol. The highest BCUT2D eigenvalue weighted by Crippen LogP contribution is 2.32. The molecule has 0 unspecified atom stereocenters. The number of amides is 1. The number of benzene rings is 1. The molecule has 3 aromatic rings. The minimum atomic E-state index is -0.121. The normalized spacial score (nSPS) is 10.7. The van der Waals surface area contributed by atoms with Gasteiger partial charge in [0, 0.05) is 35.9 Å². The van der Waals surface area contributed by atoms with Crippen LogP contribution >= 0.6 is 11.3 Å². The van der Waals surface area contributed by atoms with Gasteiger partial charge in [-0.3, -0.25) is 9.48 Å². The Morgan fingerprint density at radius 2 is 2.16 bits per heavy atom. The van der Waals surface area contributed by atoms with Gasteiger partial charge < -0.3 is 15.8 Å². The van der Waals surface area contributed by atoms with E-state index in [0.717, 1.165) is 16.1 Å². The van der Waals surface area contributed by atoms with Crippen LogP contribution in [0, 0.1) is 6.92 Å². The van der Waals surface area contributed by atoms with E-state index in [0.29, 0.717) is 29.5 Å². The molecule has 0 atom stereocenters. The Kier molecular flexibility index (Phi) is 5.16. The first kappa shape index (κ1) is 17.2. The number of anilines is 1. The van der Waals surface area contributed by atoms with Crippen LogP contribution in [-0.4, -0.2) is 28.8 Å². The number of aryl methyl sites for hydroxylation is 2. The molecule has 0 saturated heterocycles. The maximum atomic E-state index is 12.4. The Labute approximate surface area is 150 Å². The summed E-state index contributed by atoms with van der Waals surface area (Å²) < 4.78 is 7.50. The first-order valence-corrected chi connectivity index (χ1v) is 8.73. The highest BCUT2D eigenvalue weighted by atomic mass is 32.1. The second-order valence-corrected chi connectivity index (χ2v) is 6.84. The van der Waals surface area contributed by atoms with Gasteiger partial charge in [0.15, 0.2) is 0 Å². The van der Waals surface area contributed by atoms with Gasteiger partial charge in [0.1, 0.15) is 12.4 Å². The van der Waals surface area contributed by atoms with Crippen LogP contribution < -0.4 is 15.8 Å². The van der Waals surface area contributed by atoms with Crippen LogP contribution in [0.5, 0.6) is 5.75 Å². The molecule has 2 heterocycles. The predicted octanol–water partition coefficient (Wildman–Crippen LogP) is 3.05. The van der Waals surface area contributed by atoms with E-state index in [1.54, 1.807) is 10.9 Å². The van der Waals surface area contributed by atoms with E-state index >= 15 is 0 Å². The molecule has 3 rings (SSSR count). The summed E-state index contributed by atoms with van der Waals surface area (Å²) in [7, 11) is 1.86. The molecule has 0 bridgehead atoms. The summed E-state index contributed by atoms with van der Waals surface area (Å²) in [6.45, 7) is 2.83. The van der Waals surface area contributed by atoms with Crippen molar-refractivity contribution in [3.8, 4) is 17.0 Å². The van der Waals surface area contributed by atoms with Crippen LogP contribution in [0.4, 0.5) is 5.69 Å². The van der Waals surface area contributed by atoms with E-state index in [1.807, 2.05) is 50.4 Å². The van der Waals surface area contributed by atoms with E-state index in [-0.39, 0.29) is 5.91 Å². The Morgan fingerprint density at radius 1 is 1.32 bits per heavy atom. The highest BCUT2D eigenvalue weighted by Gasteiger charge is 2.14. The monoisotopic (exact) mass is 356 g/mol. The van der Waals surface area contributed by atoms with Crippen LogP contribution in [0.3, 0.4) is 0 Å². The molecule has 3 N–H and O–H groups in total. The summed E-state index contributed by atoms with van der Waals surface area (Å²) in [5.41, 5.74) is 7.99. The predicted molar refractivity (Wildman–Crippen MR) is 100 cm³/mol. The number of hydrogen-bond donors (Lipinski definition) is 2. The molecule has 25 heavy (non-hydrogen) atoms. The Bertz CT molecular complexity index is 885. The summed E-state index contributed by atoms with van der Waals surface area (Å²) >= 11 is 1.47. The SMILES string of the molecule is Cc1ccc(C(=O)Nc2ccc(OCCN)c(-c3ccnn3C)c2)s1. The molecular formula is C18H20N4O2S. The van der Waals surface area contributed by atoms with Gasteiger partial charge in [0.25, 0.3) is 5.91 Å². The fourth-order valence-electron chi connectivity index (χ4n) is 2.49. The van der Waals surface area contributed by atoms with Crippen LogP contribution in [0.25, 0.3) is 11.3 Å². The molecule has 6 nitrogen and oxygen atoms in total. The number of nitrogens with one attached hydrogen (secondary N) is 1. The first-order chi connectivity index (χ1) is 12.1. The molecule has 0 saturated carbocycles. The van der Waals surface area contributed by atoms with Crippen molar-refractivity contribution in [2.75, 3.05) is 18.5 Å². The number of thiophene rings is 1. The number of carbonyl (C=O) groups excluding carboxylic acids is 1. The maximum Gasteiger partial charge on any atom is 0.265 e. The van der Waals surface area contributed by atoms with Crippen molar-refractivity contribution in [3.63, 3.8) is 0 Å². The molecule has 0 aliphatic carbocycles. The average molecular weight is 356 g/mol. The minimum Gasteiger partial charge on any atom is -0.492 e. The lowest BCUT2D eigenvalue weighted by Gasteiger charge is -2.13. The Morgan fingerprint density at radius 3 is 2.80 bits per heavy atom. The van der Waals surface area contributed by atoms with Crippen molar-refractivity contribution < 1.29 is 9.53 Å². The fraction of sp³-hybridized carbons (Fsp3) is 0.222. The zero-order valence-electron chi connectivity index (χ0n) is 14.2. The van der Waals surface area contributed by atoms with Gasteiger partial charge in [0.2, 0.25) is 0 Å². The van der Waals surface area contributed by atoms with Gasteiger partial charge in [-0.1, -0.05) is 0 Å². The van der Waals surface area contributed by atoms with Crippen molar-refractivity contribution in [2.45, 2.75) is 6.92 Å². The van der Waals surface area contributed by atoms with Gasteiger partial charge in [-0.15, -0.1) is 11.3 Å². The summed E-state index contributed by atoms with van der Waals surface area (Å²) in [6.07, 6.45) is 1.72. The quantitative estimate of drug-likeness (QED) is 0.711. The highest BCUT2D eigenvalue weighted by molar-refractivity contribution is 7.14. The van der Waals surface area contributed by atoms with Gasteiger partial charge in [-0.2, -0.15) is 5.10 Å². The summed E-state index contributed by atoms with van der Waals surface area (Å²) in [5.74, 6) is 0.587. The molecule has 0 spiro atoms. The average Bonchev–Trinajstić information content (AvgIpc) is 3.22. The number of ether oxygens (including phenoxy) is 1. The smallest absolute Gasteiger partial charge is 0.265 e. The van der Waals surface area contributed by atoms with Crippen molar-refractivity contribution in [1.29, 1.82) is 0 Å². The van der Waals surface area contributed by atoms with Gasteiger partial charge >= 0.3 is 0 Å². The van der Waals surface area contributed by atoms with E-state index in [9.17, 15) is 4.79 Å². The summed E-state index contributed by atoms with van der Waals surface area (Å²) in [6, 6.07) is 11.2. The van der Waals surface area contributed by atoms with E-state index in [2.05, 4.69) is 10.4 Å². The largest absolute Gasteiger partial charge is 0.492 e. The van der Waals surface area contributed by atoms with Crippen molar-refractivity contribution in [1.82, 2.24) is 9.78 Å². The molecule has 2 aromatic heterocycles. The van der Waals surface area contributed by atoms with Crippen molar-refractivity contribution in [3.05, 3.63) is 52.3 Å². The number of nitrogens with zero attached hydrogens (tertiary/aromatic N) is 2. The molecule has 0 fully saturated rings. The zero-order chi connectivity index (χ0) is 17.8. The van der Waals surface area contributed by atoms with E-state index in [4.69, 9.17) is 10.5 Å². The topological polar surface area (TPSA) is 82.2 Å². The lowest BCUT2D eigenvalue weighted by Crippen LogP contribution is -2.12. The minimum absolute atomic E-state index is 0.121. The van der Waals surface area contributed by atoms with Crippen molar-refractivity contribution in [2.24, 2.45) is 12.8 Å². The number of carbonyl (C=O) groups is 1. The molecule has 1 amide bonds. The van der Waals surface area contributed by atoms with Gasteiger partial charge in [-0.05, 0) is 43.3 Å². The first-order valence-electron chi connectivity index (χ1n) is 7.91. The number of nitrogens with two attached hydrogens (primary N) is 1. The van der Waals surface area contributed by atoms with Crippen LogP contribution in [0.2, 0.25) is 0 Å². The zero-order valence-corrected chi connectivity index (χ0v) is 15.0. The second kappa shape index (κ2) is 7.50. The number of rotatable bonds is 6. The molecule has 0 aliphatic rings. The van der Waals surface area contributed by atoms with Crippen LogP contribution in [0.1, 0.15) is 14.5 Å². The molecule has 1 aromatic carbocycles. The number of hydrogen-bond acceptors (Lipinski definition) is 5.